The average Bonchev–Trinajstić information content (AvgIpc) is 3.12. The predicted octanol–water partition coefficient (Wildman–Crippen LogP) is 4.34. The molecule has 0 bridgehead atoms. The van der Waals surface area contributed by atoms with Crippen LogP contribution in [0.25, 0.3) is 0 Å². The van der Waals surface area contributed by atoms with E-state index in [0.717, 1.165) is 29.9 Å². The first-order valence-electron chi connectivity index (χ1n) is 8.29. The maximum absolute atomic E-state index is 13.6. The quantitative estimate of drug-likeness (QED) is 0.745. The van der Waals surface area contributed by atoms with Crippen molar-refractivity contribution in [1.82, 2.24) is 4.90 Å². The van der Waals surface area contributed by atoms with Crippen molar-refractivity contribution in [2.24, 2.45) is 0 Å². The van der Waals surface area contributed by atoms with E-state index in [1.807, 2.05) is 23.1 Å². The Morgan fingerprint density at radius 3 is 2.76 bits per heavy atom. The van der Waals surface area contributed by atoms with Gasteiger partial charge in [0.1, 0.15) is 19.0 Å². The third kappa shape index (κ3) is 3.11. The summed E-state index contributed by atoms with van der Waals surface area (Å²) in [6.45, 7) is 1.73. The number of hydrogen-bond acceptors (Lipinski definition) is 3. The number of benzene rings is 2. The van der Waals surface area contributed by atoms with Crippen molar-refractivity contribution in [3.8, 4) is 11.5 Å². The third-order valence-corrected chi connectivity index (χ3v) is 5.31. The Labute approximate surface area is 153 Å². The number of hydrogen-bond donors (Lipinski definition) is 0. The van der Waals surface area contributed by atoms with E-state index in [2.05, 4.69) is 15.9 Å². The molecule has 0 radical (unpaired) electrons. The minimum Gasteiger partial charge on any atom is -0.486 e. The summed E-state index contributed by atoms with van der Waals surface area (Å²) < 4.78 is 25.4. The lowest BCUT2D eigenvalue weighted by Gasteiger charge is -2.27. The Bertz CT molecular complexity index is 826. The highest BCUT2D eigenvalue weighted by Crippen LogP contribution is 2.39. The van der Waals surface area contributed by atoms with Gasteiger partial charge in [-0.3, -0.25) is 4.79 Å². The number of ether oxygens (including phenoxy) is 2. The zero-order chi connectivity index (χ0) is 17.4. The number of likely N-dealkylation sites (tertiary alicyclic amines) is 1. The van der Waals surface area contributed by atoms with Crippen LogP contribution in [0, 0.1) is 5.82 Å². The van der Waals surface area contributed by atoms with Gasteiger partial charge in [0.15, 0.2) is 11.5 Å². The highest BCUT2D eigenvalue weighted by Gasteiger charge is 2.32. The molecule has 2 aromatic rings. The first kappa shape index (κ1) is 16.4. The molecule has 0 aromatic heterocycles. The number of nitrogens with zero attached hydrogens (tertiary/aromatic N) is 1. The van der Waals surface area contributed by atoms with Crippen LogP contribution < -0.4 is 9.47 Å². The van der Waals surface area contributed by atoms with Crippen LogP contribution in [0.4, 0.5) is 4.39 Å². The summed E-state index contributed by atoms with van der Waals surface area (Å²) in [5.74, 6) is 0.874. The Hall–Kier alpha value is -2.08. The highest BCUT2D eigenvalue weighted by molar-refractivity contribution is 9.10. The summed E-state index contributed by atoms with van der Waals surface area (Å²) in [4.78, 5) is 14.8. The molecule has 1 fully saturated rings. The van der Waals surface area contributed by atoms with Crippen LogP contribution >= 0.6 is 15.9 Å². The Morgan fingerprint density at radius 2 is 1.92 bits per heavy atom. The monoisotopic (exact) mass is 405 g/mol. The van der Waals surface area contributed by atoms with E-state index in [4.69, 9.17) is 9.47 Å². The van der Waals surface area contributed by atoms with E-state index in [1.54, 1.807) is 6.07 Å². The van der Waals surface area contributed by atoms with Gasteiger partial charge in [-0.05, 0) is 64.7 Å². The zero-order valence-corrected chi connectivity index (χ0v) is 15.1. The molecule has 0 N–H and O–H groups in total. The minimum atomic E-state index is -0.415. The number of carbonyl (C=O) groups is 1. The number of fused-ring (bicyclic) bond motifs is 1. The molecule has 2 heterocycles. The summed E-state index contributed by atoms with van der Waals surface area (Å²) in [5, 5.41) is 0. The van der Waals surface area contributed by atoms with Crippen molar-refractivity contribution >= 4 is 21.8 Å². The molecule has 1 amide bonds. The van der Waals surface area contributed by atoms with E-state index in [1.165, 1.54) is 12.1 Å². The molecular formula is C19H17BrFNO3. The lowest BCUT2D eigenvalue weighted by atomic mass is 10.0. The minimum absolute atomic E-state index is 0.0431. The summed E-state index contributed by atoms with van der Waals surface area (Å²) >= 11 is 3.35. The van der Waals surface area contributed by atoms with Crippen LogP contribution in [0.5, 0.6) is 11.5 Å². The molecule has 1 unspecified atom stereocenters. The maximum atomic E-state index is 13.6. The van der Waals surface area contributed by atoms with Gasteiger partial charge in [0.25, 0.3) is 5.91 Å². The van der Waals surface area contributed by atoms with E-state index >= 15 is 0 Å². The van der Waals surface area contributed by atoms with E-state index in [-0.39, 0.29) is 11.9 Å². The fraction of sp³-hybridized carbons (Fsp3) is 0.316. The van der Waals surface area contributed by atoms with Crippen molar-refractivity contribution in [2.45, 2.75) is 18.9 Å². The largest absolute Gasteiger partial charge is 0.486 e. The van der Waals surface area contributed by atoms with Gasteiger partial charge in [-0.2, -0.15) is 0 Å². The van der Waals surface area contributed by atoms with Crippen molar-refractivity contribution < 1.29 is 18.7 Å². The molecule has 0 aliphatic carbocycles. The number of carbonyl (C=O) groups excluding carboxylic acids is 1. The summed E-state index contributed by atoms with van der Waals surface area (Å²) in [6.07, 6.45) is 1.79. The van der Waals surface area contributed by atoms with Crippen molar-refractivity contribution in [2.75, 3.05) is 19.8 Å². The molecule has 25 heavy (non-hydrogen) atoms. The maximum Gasteiger partial charge on any atom is 0.255 e. The second-order valence-electron chi connectivity index (χ2n) is 6.18. The molecule has 2 aliphatic rings. The van der Waals surface area contributed by atoms with Gasteiger partial charge >= 0.3 is 0 Å². The summed E-state index contributed by atoms with van der Waals surface area (Å²) in [5.41, 5.74) is 1.37. The molecule has 1 atom stereocenters. The van der Waals surface area contributed by atoms with Gasteiger partial charge in [0, 0.05) is 11.0 Å². The second kappa shape index (κ2) is 6.67. The topological polar surface area (TPSA) is 38.8 Å². The lowest BCUT2D eigenvalue weighted by Crippen LogP contribution is -2.31. The normalized spacial score (nSPS) is 19.1. The molecule has 6 heteroatoms. The third-order valence-electron chi connectivity index (χ3n) is 4.62. The molecule has 130 valence electrons. The van der Waals surface area contributed by atoms with Crippen LogP contribution in [0.15, 0.2) is 40.9 Å². The van der Waals surface area contributed by atoms with Gasteiger partial charge in [-0.25, -0.2) is 4.39 Å². The van der Waals surface area contributed by atoms with Crippen molar-refractivity contribution in [3.05, 3.63) is 57.8 Å². The summed E-state index contributed by atoms with van der Waals surface area (Å²) in [6, 6.07) is 9.96. The zero-order valence-electron chi connectivity index (χ0n) is 13.5. The predicted molar refractivity (Wildman–Crippen MR) is 94.5 cm³/mol. The Morgan fingerprint density at radius 1 is 1.12 bits per heavy atom. The fourth-order valence-electron chi connectivity index (χ4n) is 3.44. The first-order chi connectivity index (χ1) is 12.1. The molecule has 0 spiro atoms. The van der Waals surface area contributed by atoms with E-state index in [0.29, 0.717) is 29.8 Å². The lowest BCUT2D eigenvalue weighted by molar-refractivity contribution is 0.0733. The fourth-order valence-corrected chi connectivity index (χ4v) is 3.86. The van der Waals surface area contributed by atoms with Gasteiger partial charge in [0.05, 0.1) is 11.6 Å². The molecular weight excluding hydrogens is 389 g/mol. The van der Waals surface area contributed by atoms with E-state index < -0.39 is 5.82 Å². The molecule has 2 aliphatic heterocycles. The standard InChI is InChI=1S/C19H17BrFNO3/c20-15-5-4-13(21)11-14(15)19(23)22-7-1-2-16(22)12-3-6-17-18(10-12)25-9-8-24-17/h3-6,10-11,16H,1-2,7-9H2. The summed E-state index contributed by atoms with van der Waals surface area (Å²) in [7, 11) is 0. The highest BCUT2D eigenvalue weighted by atomic mass is 79.9. The van der Waals surface area contributed by atoms with Crippen molar-refractivity contribution in [3.63, 3.8) is 0 Å². The van der Waals surface area contributed by atoms with Gasteiger partial charge in [-0.15, -0.1) is 0 Å². The number of amides is 1. The Balaban J connectivity index is 1.64. The molecule has 4 rings (SSSR count). The molecule has 2 aromatic carbocycles. The first-order valence-corrected chi connectivity index (χ1v) is 9.08. The average molecular weight is 406 g/mol. The number of halogens is 2. The van der Waals surface area contributed by atoms with E-state index in [9.17, 15) is 9.18 Å². The Kier molecular flexibility index (Phi) is 4.37. The van der Waals surface area contributed by atoms with Crippen LogP contribution in [0.1, 0.15) is 34.8 Å². The van der Waals surface area contributed by atoms with Crippen LogP contribution in [-0.4, -0.2) is 30.6 Å². The van der Waals surface area contributed by atoms with Crippen LogP contribution in [-0.2, 0) is 0 Å². The van der Waals surface area contributed by atoms with Gasteiger partial charge in [-0.1, -0.05) is 6.07 Å². The van der Waals surface area contributed by atoms with Crippen LogP contribution in [0.2, 0.25) is 0 Å². The molecule has 0 saturated carbocycles. The smallest absolute Gasteiger partial charge is 0.255 e. The van der Waals surface area contributed by atoms with Crippen LogP contribution in [0.3, 0.4) is 0 Å². The SMILES string of the molecule is O=C(c1cc(F)ccc1Br)N1CCCC1c1ccc2c(c1)OCCO2. The molecule has 4 nitrogen and oxygen atoms in total. The van der Waals surface area contributed by atoms with Gasteiger partial charge < -0.3 is 14.4 Å². The van der Waals surface area contributed by atoms with Crippen molar-refractivity contribution in [1.29, 1.82) is 0 Å². The second-order valence-corrected chi connectivity index (χ2v) is 7.04. The van der Waals surface area contributed by atoms with Gasteiger partial charge in [0.2, 0.25) is 0 Å². The number of rotatable bonds is 2. The molecule has 1 saturated heterocycles.